The van der Waals surface area contributed by atoms with Crippen molar-refractivity contribution in [1.29, 1.82) is 0 Å². The highest BCUT2D eigenvalue weighted by Gasteiger charge is 2.17. The van der Waals surface area contributed by atoms with Gasteiger partial charge in [-0.05, 0) is 24.0 Å². The highest BCUT2D eigenvalue weighted by molar-refractivity contribution is 7.98. The van der Waals surface area contributed by atoms with Gasteiger partial charge in [0.05, 0.1) is 12.3 Å². The van der Waals surface area contributed by atoms with E-state index in [4.69, 9.17) is 22.1 Å². The Morgan fingerprint density at radius 1 is 1.27 bits per heavy atom. The van der Waals surface area contributed by atoms with Crippen molar-refractivity contribution in [2.45, 2.75) is 11.8 Å². The first-order chi connectivity index (χ1) is 10.6. The van der Waals surface area contributed by atoms with Gasteiger partial charge in [0.2, 0.25) is 5.16 Å². The van der Waals surface area contributed by atoms with Crippen LogP contribution in [0.4, 0.5) is 5.82 Å². The summed E-state index contributed by atoms with van der Waals surface area (Å²) in [4.78, 5) is 8.86. The van der Waals surface area contributed by atoms with Crippen LogP contribution < -0.4 is 5.73 Å². The minimum atomic E-state index is 0.333. The molecule has 0 aliphatic carbocycles. The van der Waals surface area contributed by atoms with E-state index in [9.17, 15) is 0 Å². The van der Waals surface area contributed by atoms with Gasteiger partial charge in [-0.25, -0.2) is 4.98 Å². The van der Waals surface area contributed by atoms with E-state index in [-0.39, 0.29) is 0 Å². The zero-order chi connectivity index (χ0) is 15.7. The number of ether oxygens (including phenoxy) is 1. The quantitative estimate of drug-likeness (QED) is 0.739. The summed E-state index contributed by atoms with van der Waals surface area (Å²) in [5, 5.41) is 5.63. The number of nitrogens with two attached hydrogens (primary N) is 1. The van der Waals surface area contributed by atoms with Gasteiger partial charge >= 0.3 is 0 Å². The lowest BCUT2D eigenvalue weighted by atomic mass is 10.0. The summed E-state index contributed by atoms with van der Waals surface area (Å²) < 4.78 is 6.79. The topological polar surface area (TPSA) is 78.3 Å². The number of halogens is 1. The Bertz CT molecular complexity index is 818. The van der Waals surface area contributed by atoms with Crippen molar-refractivity contribution in [3.05, 3.63) is 35.0 Å². The third-order valence-electron chi connectivity index (χ3n) is 3.18. The van der Waals surface area contributed by atoms with Crippen molar-refractivity contribution in [2.24, 2.45) is 0 Å². The molecule has 3 rings (SSSR count). The van der Waals surface area contributed by atoms with Crippen LogP contribution in [-0.2, 0) is 11.3 Å². The molecule has 8 heteroatoms. The average molecular weight is 336 g/mol. The highest BCUT2D eigenvalue weighted by Crippen LogP contribution is 2.31. The number of hydrogen-bond donors (Lipinski definition) is 1. The third-order valence-corrected chi connectivity index (χ3v) is 3.97. The molecule has 0 fully saturated rings. The second-order valence-corrected chi connectivity index (χ2v) is 5.78. The van der Waals surface area contributed by atoms with Crippen LogP contribution in [0.1, 0.15) is 5.69 Å². The minimum Gasteiger partial charge on any atom is -0.383 e. The van der Waals surface area contributed by atoms with Crippen molar-refractivity contribution in [3.8, 4) is 11.1 Å². The Morgan fingerprint density at radius 2 is 2.00 bits per heavy atom. The average Bonchev–Trinajstić information content (AvgIpc) is 2.93. The van der Waals surface area contributed by atoms with Crippen LogP contribution in [0.5, 0.6) is 0 Å². The molecule has 2 aromatic heterocycles. The Kier molecular flexibility index (Phi) is 4.19. The molecule has 0 saturated heterocycles. The van der Waals surface area contributed by atoms with Gasteiger partial charge in [0.25, 0.3) is 5.78 Å². The molecule has 22 heavy (non-hydrogen) atoms. The predicted molar refractivity (Wildman–Crippen MR) is 88.1 cm³/mol. The molecule has 0 radical (unpaired) electrons. The third kappa shape index (κ3) is 2.63. The predicted octanol–water partition coefficient (Wildman–Crippen LogP) is 2.90. The van der Waals surface area contributed by atoms with E-state index in [0.717, 1.165) is 16.8 Å². The Labute approximate surface area is 136 Å². The second-order valence-electron chi connectivity index (χ2n) is 4.57. The zero-order valence-corrected chi connectivity index (χ0v) is 13.6. The number of thioether (sulfide) groups is 1. The molecule has 0 bridgehead atoms. The number of rotatable bonds is 4. The van der Waals surface area contributed by atoms with Crippen LogP contribution in [0, 0.1) is 0 Å². The van der Waals surface area contributed by atoms with Crippen molar-refractivity contribution < 1.29 is 4.74 Å². The number of nitrogens with zero attached hydrogens (tertiary/aromatic N) is 4. The molecule has 2 heterocycles. The fraction of sp³-hybridized carbons (Fsp3) is 0.214. The maximum Gasteiger partial charge on any atom is 0.255 e. The molecule has 0 saturated carbocycles. The van der Waals surface area contributed by atoms with Crippen LogP contribution in [0.3, 0.4) is 0 Å². The lowest BCUT2D eigenvalue weighted by Crippen LogP contribution is -2.08. The fourth-order valence-corrected chi connectivity index (χ4v) is 2.67. The molecule has 2 N–H and O–H groups in total. The molecule has 1 aromatic carbocycles. The van der Waals surface area contributed by atoms with Gasteiger partial charge in [-0.2, -0.15) is 9.50 Å². The lowest BCUT2D eigenvalue weighted by Gasteiger charge is -2.12. The highest BCUT2D eigenvalue weighted by atomic mass is 35.5. The summed E-state index contributed by atoms with van der Waals surface area (Å²) in [6, 6.07) is 7.41. The number of hydrogen-bond acceptors (Lipinski definition) is 6. The van der Waals surface area contributed by atoms with Crippen LogP contribution >= 0.6 is 23.4 Å². The maximum atomic E-state index is 6.31. The number of aromatic nitrogens is 4. The summed E-state index contributed by atoms with van der Waals surface area (Å²) >= 11 is 7.39. The molecule has 0 aliphatic heterocycles. The van der Waals surface area contributed by atoms with E-state index >= 15 is 0 Å². The first-order valence-electron chi connectivity index (χ1n) is 6.48. The number of nitrogen functional groups attached to an aromatic ring is 1. The first kappa shape index (κ1) is 15.1. The normalized spacial score (nSPS) is 11.2. The van der Waals surface area contributed by atoms with Crippen LogP contribution in [-0.4, -0.2) is 32.9 Å². The van der Waals surface area contributed by atoms with Gasteiger partial charge in [0.15, 0.2) is 0 Å². The van der Waals surface area contributed by atoms with Crippen molar-refractivity contribution in [2.75, 3.05) is 19.1 Å². The van der Waals surface area contributed by atoms with Gasteiger partial charge in [0, 0.05) is 17.7 Å². The van der Waals surface area contributed by atoms with Crippen LogP contribution in [0.15, 0.2) is 29.4 Å². The van der Waals surface area contributed by atoms with Crippen molar-refractivity contribution in [1.82, 2.24) is 19.6 Å². The Morgan fingerprint density at radius 3 is 2.64 bits per heavy atom. The molecule has 0 atom stereocenters. The summed E-state index contributed by atoms with van der Waals surface area (Å²) in [6.07, 6.45) is 1.90. The second kappa shape index (κ2) is 6.12. The van der Waals surface area contributed by atoms with E-state index in [0.29, 0.717) is 28.4 Å². The summed E-state index contributed by atoms with van der Waals surface area (Å²) in [5.41, 5.74) is 8.72. The van der Waals surface area contributed by atoms with E-state index in [1.54, 1.807) is 11.6 Å². The maximum absolute atomic E-state index is 6.31. The molecule has 0 amide bonds. The Balaban J connectivity index is 2.27. The van der Waals surface area contributed by atoms with Crippen molar-refractivity contribution in [3.63, 3.8) is 0 Å². The molecule has 0 spiro atoms. The Hall–Kier alpha value is -1.83. The smallest absolute Gasteiger partial charge is 0.255 e. The van der Waals surface area contributed by atoms with Gasteiger partial charge < -0.3 is 10.5 Å². The van der Waals surface area contributed by atoms with Gasteiger partial charge in [0.1, 0.15) is 5.82 Å². The SMILES string of the molecule is COCc1nc2nc(SC)nn2c(N)c1-c1ccc(Cl)cc1. The van der Waals surface area contributed by atoms with E-state index < -0.39 is 0 Å². The largest absolute Gasteiger partial charge is 0.383 e. The molecular weight excluding hydrogens is 322 g/mol. The number of benzene rings is 1. The van der Waals surface area contributed by atoms with Gasteiger partial charge in [-0.3, -0.25) is 0 Å². The number of anilines is 1. The van der Waals surface area contributed by atoms with E-state index in [1.807, 2.05) is 30.5 Å². The minimum absolute atomic E-state index is 0.333. The van der Waals surface area contributed by atoms with Crippen LogP contribution in [0.2, 0.25) is 5.02 Å². The molecule has 6 nitrogen and oxygen atoms in total. The molecule has 0 unspecified atom stereocenters. The monoisotopic (exact) mass is 335 g/mol. The first-order valence-corrected chi connectivity index (χ1v) is 8.08. The van der Waals surface area contributed by atoms with E-state index in [1.165, 1.54) is 11.8 Å². The fourth-order valence-electron chi connectivity index (χ4n) is 2.21. The lowest BCUT2D eigenvalue weighted by molar-refractivity contribution is 0.182. The number of methoxy groups -OCH3 is 1. The van der Waals surface area contributed by atoms with Gasteiger partial charge in [-0.1, -0.05) is 35.5 Å². The summed E-state index contributed by atoms with van der Waals surface area (Å²) in [5.74, 6) is 0.943. The summed E-state index contributed by atoms with van der Waals surface area (Å²) in [7, 11) is 1.62. The molecule has 0 aliphatic rings. The number of fused-ring (bicyclic) bond motifs is 1. The van der Waals surface area contributed by atoms with Crippen molar-refractivity contribution >= 4 is 35.0 Å². The summed E-state index contributed by atoms with van der Waals surface area (Å²) in [6.45, 7) is 0.333. The standard InChI is InChI=1S/C14H14ClN5OS/c1-21-7-10-11(8-3-5-9(15)6-4-8)12(16)20-13(17-10)18-14(19-20)22-2/h3-6H,7,16H2,1-2H3. The van der Waals surface area contributed by atoms with Crippen LogP contribution in [0.25, 0.3) is 16.9 Å². The molecular formula is C14H14ClN5OS. The van der Waals surface area contributed by atoms with Gasteiger partial charge in [-0.15, -0.1) is 5.10 Å². The van der Waals surface area contributed by atoms with E-state index in [2.05, 4.69) is 15.1 Å². The molecule has 3 aromatic rings. The zero-order valence-electron chi connectivity index (χ0n) is 12.1. The molecule has 114 valence electrons.